The number of rotatable bonds is 5. The summed E-state index contributed by atoms with van der Waals surface area (Å²) in [4.78, 5) is 4.30. The molecule has 96 valence electrons. The Balaban J connectivity index is 2.18. The maximum Gasteiger partial charge on any atom is 0.138 e. The smallest absolute Gasteiger partial charge is 0.138 e. The molecule has 0 spiro atoms. The molecule has 5 heteroatoms. The Hall–Kier alpha value is -0.280. The third-order valence-corrected chi connectivity index (χ3v) is 5.13. The van der Waals surface area contributed by atoms with Crippen LogP contribution >= 0.6 is 23.2 Å². The molecule has 0 saturated heterocycles. The minimum Gasteiger partial charge on any atom is -0.253 e. The highest BCUT2D eigenvalue weighted by atomic mass is 35.5. The van der Waals surface area contributed by atoms with Gasteiger partial charge in [0, 0.05) is 30.6 Å². The zero-order chi connectivity index (χ0) is 12.3. The van der Waals surface area contributed by atoms with Gasteiger partial charge < -0.3 is 0 Å². The first kappa shape index (κ1) is 13.2. The molecular weight excluding hydrogens is 257 g/mol. The molecule has 0 bridgehead atoms. The summed E-state index contributed by atoms with van der Waals surface area (Å²) in [7, 11) is 1.92. The molecule has 17 heavy (non-hydrogen) atoms. The van der Waals surface area contributed by atoms with Gasteiger partial charge in [0.1, 0.15) is 12.2 Å². The van der Waals surface area contributed by atoms with E-state index in [-0.39, 0.29) is 5.41 Å². The van der Waals surface area contributed by atoms with Gasteiger partial charge >= 0.3 is 0 Å². The van der Waals surface area contributed by atoms with E-state index in [4.69, 9.17) is 23.2 Å². The summed E-state index contributed by atoms with van der Waals surface area (Å²) in [5.74, 6) is 2.83. The van der Waals surface area contributed by atoms with Crippen LogP contribution in [-0.4, -0.2) is 26.5 Å². The molecule has 0 amide bonds. The molecule has 0 aromatic carbocycles. The summed E-state index contributed by atoms with van der Waals surface area (Å²) in [6.07, 6.45) is 7.53. The van der Waals surface area contributed by atoms with Crippen LogP contribution in [0.25, 0.3) is 0 Å². The van der Waals surface area contributed by atoms with Gasteiger partial charge in [-0.25, -0.2) is 4.98 Å². The summed E-state index contributed by atoms with van der Waals surface area (Å²) < 4.78 is 1.82. The lowest BCUT2D eigenvalue weighted by atomic mass is 9.74. The normalized spacial score (nSPS) is 17.8. The second kappa shape index (κ2) is 5.57. The average Bonchev–Trinajstić information content (AvgIpc) is 2.98. The zero-order valence-corrected chi connectivity index (χ0v) is 11.7. The van der Waals surface area contributed by atoms with E-state index >= 15 is 0 Å². The van der Waals surface area contributed by atoms with Crippen molar-refractivity contribution in [2.24, 2.45) is 18.4 Å². The molecule has 0 aliphatic heterocycles. The Morgan fingerprint density at radius 1 is 1.35 bits per heavy atom. The van der Waals surface area contributed by atoms with Crippen LogP contribution in [0.1, 0.15) is 31.5 Å². The van der Waals surface area contributed by atoms with Crippen LogP contribution in [-0.2, 0) is 13.5 Å². The molecule has 1 aromatic rings. The van der Waals surface area contributed by atoms with Gasteiger partial charge in [-0.1, -0.05) is 12.8 Å². The monoisotopic (exact) mass is 275 g/mol. The maximum absolute atomic E-state index is 6.23. The van der Waals surface area contributed by atoms with Crippen LogP contribution in [0.3, 0.4) is 0 Å². The van der Waals surface area contributed by atoms with Gasteiger partial charge in [0.2, 0.25) is 0 Å². The highest BCUT2D eigenvalue weighted by Gasteiger charge is 2.40. The van der Waals surface area contributed by atoms with Gasteiger partial charge in [-0.05, 0) is 18.8 Å². The standard InChI is InChI=1S/C12H19Cl2N3/c1-17-11(15-9-16-17)6-12(7-13,8-14)10-4-2-3-5-10/h9-10H,2-8H2,1H3. The molecule has 0 unspecified atom stereocenters. The molecule has 1 aliphatic carbocycles. The van der Waals surface area contributed by atoms with Crippen molar-refractivity contribution in [1.82, 2.24) is 14.8 Å². The Morgan fingerprint density at radius 2 is 2.00 bits per heavy atom. The number of nitrogens with zero attached hydrogens (tertiary/aromatic N) is 3. The first-order chi connectivity index (χ1) is 8.22. The molecule has 1 fully saturated rings. The van der Waals surface area contributed by atoms with Crippen LogP contribution in [0.5, 0.6) is 0 Å². The summed E-state index contributed by atoms with van der Waals surface area (Å²) in [6, 6.07) is 0. The van der Waals surface area contributed by atoms with Gasteiger partial charge in [-0.2, -0.15) is 5.10 Å². The lowest BCUT2D eigenvalue weighted by molar-refractivity contribution is 0.218. The van der Waals surface area contributed by atoms with E-state index in [2.05, 4.69) is 10.1 Å². The fourth-order valence-corrected chi connectivity index (χ4v) is 3.74. The van der Waals surface area contributed by atoms with E-state index in [0.29, 0.717) is 17.7 Å². The summed E-state index contributed by atoms with van der Waals surface area (Å²) in [5.41, 5.74) is -0.0135. The van der Waals surface area contributed by atoms with Gasteiger partial charge in [0.15, 0.2) is 0 Å². The lowest BCUT2D eigenvalue weighted by Gasteiger charge is -2.35. The minimum absolute atomic E-state index is 0.0135. The van der Waals surface area contributed by atoms with E-state index in [1.54, 1.807) is 6.33 Å². The van der Waals surface area contributed by atoms with Crippen molar-refractivity contribution in [3.05, 3.63) is 12.2 Å². The summed E-state index contributed by atoms with van der Waals surface area (Å²) >= 11 is 12.5. The molecule has 0 N–H and O–H groups in total. The van der Waals surface area contributed by atoms with E-state index in [9.17, 15) is 0 Å². The Kier molecular flexibility index (Phi) is 4.31. The Labute approximate surface area is 113 Å². The summed E-state index contributed by atoms with van der Waals surface area (Å²) in [6.45, 7) is 0. The second-order valence-corrected chi connectivity index (χ2v) is 5.62. The second-order valence-electron chi connectivity index (χ2n) is 5.09. The van der Waals surface area contributed by atoms with Gasteiger partial charge in [0.05, 0.1) is 0 Å². The number of hydrogen-bond donors (Lipinski definition) is 0. The number of aromatic nitrogens is 3. The van der Waals surface area contributed by atoms with E-state index in [0.717, 1.165) is 12.2 Å². The topological polar surface area (TPSA) is 30.7 Å². The predicted molar refractivity (Wildman–Crippen MR) is 70.5 cm³/mol. The van der Waals surface area contributed by atoms with Crippen LogP contribution < -0.4 is 0 Å². The lowest BCUT2D eigenvalue weighted by Crippen LogP contribution is -2.36. The number of halogens is 2. The molecule has 2 rings (SSSR count). The third-order valence-electron chi connectivity index (χ3n) is 4.07. The SMILES string of the molecule is Cn1ncnc1CC(CCl)(CCl)C1CCCC1. The van der Waals surface area contributed by atoms with Crippen LogP contribution in [0.15, 0.2) is 6.33 Å². The van der Waals surface area contributed by atoms with Crippen molar-refractivity contribution >= 4 is 23.2 Å². The molecule has 1 heterocycles. The largest absolute Gasteiger partial charge is 0.253 e. The van der Waals surface area contributed by atoms with E-state index in [1.807, 2.05) is 11.7 Å². The molecular formula is C12H19Cl2N3. The van der Waals surface area contributed by atoms with E-state index in [1.165, 1.54) is 25.7 Å². The molecule has 0 atom stereocenters. The number of alkyl halides is 2. The van der Waals surface area contributed by atoms with Gasteiger partial charge in [0.25, 0.3) is 0 Å². The van der Waals surface area contributed by atoms with Crippen molar-refractivity contribution in [2.75, 3.05) is 11.8 Å². The maximum atomic E-state index is 6.23. The van der Waals surface area contributed by atoms with Crippen LogP contribution in [0.2, 0.25) is 0 Å². The minimum atomic E-state index is -0.0135. The number of aryl methyl sites for hydroxylation is 1. The molecule has 1 aliphatic rings. The average molecular weight is 276 g/mol. The fourth-order valence-electron chi connectivity index (χ4n) is 2.83. The quantitative estimate of drug-likeness (QED) is 0.774. The van der Waals surface area contributed by atoms with Crippen LogP contribution in [0, 0.1) is 11.3 Å². The molecule has 0 radical (unpaired) electrons. The Bertz CT molecular complexity index is 354. The van der Waals surface area contributed by atoms with Crippen molar-refractivity contribution in [3.63, 3.8) is 0 Å². The molecule has 3 nitrogen and oxygen atoms in total. The fraction of sp³-hybridized carbons (Fsp3) is 0.833. The van der Waals surface area contributed by atoms with Crippen molar-refractivity contribution in [2.45, 2.75) is 32.1 Å². The van der Waals surface area contributed by atoms with Gasteiger partial charge in [-0.3, -0.25) is 4.68 Å². The highest BCUT2D eigenvalue weighted by molar-refractivity contribution is 6.21. The Morgan fingerprint density at radius 3 is 2.47 bits per heavy atom. The number of hydrogen-bond acceptors (Lipinski definition) is 2. The van der Waals surface area contributed by atoms with Crippen molar-refractivity contribution in [1.29, 1.82) is 0 Å². The van der Waals surface area contributed by atoms with Crippen molar-refractivity contribution < 1.29 is 0 Å². The van der Waals surface area contributed by atoms with E-state index < -0.39 is 0 Å². The predicted octanol–water partition coefficient (Wildman–Crippen LogP) is 3.01. The van der Waals surface area contributed by atoms with Crippen LogP contribution in [0.4, 0.5) is 0 Å². The molecule has 1 aromatic heterocycles. The third kappa shape index (κ3) is 2.60. The molecule has 1 saturated carbocycles. The first-order valence-corrected chi connectivity index (χ1v) is 7.23. The first-order valence-electron chi connectivity index (χ1n) is 6.16. The summed E-state index contributed by atoms with van der Waals surface area (Å²) in [5, 5.41) is 4.12. The zero-order valence-electron chi connectivity index (χ0n) is 10.2. The van der Waals surface area contributed by atoms with Crippen molar-refractivity contribution in [3.8, 4) is 0 Å². The highest BCUT2D eigenvalue weighted by Crippen LogP contribution is 2.43. The van der Waals surface area contributed by atoms with Gasteiger partial charge in [-0.15, -0.1) is 23.2 Å².